The van der Waals surface area contributed by atoms with Gasteiger partial charge in [0.15, 0.2) is 0 Å². The van der Waals surface area contributed by atoms with Gasteiger partial charge in [0.05, 0.1) is 29.1 Å². The van der Waals surface area contributed by atoms with Crippen molar-refractivity contribution in [1.29, 1.82) is 0 Å². The Balaban J connectivity index is 2.05. The summed E-state index contributed by atoms with van der Waals surface area (Å²) < 4.78 is 7.81. The number of hydrogen-bond donors (Lipinski definition) is 1. The molecule has 1 aromatic heterocycles. The lowest BCUT2D eigenvalue weighted by Gasteiger charge is -2.11. The third kappa shape index (κ3) is 2.81. The van der Waals surface area contributed by atoms with Crippen LogP contribution in [-0.2, 0) is 24.3 Å². The van der Waals surface area contributed by atoms with Gasteiger partial charge >= 0.3 is 0 Å². The molecule has 1 N–H and O–H groups in total. The molecule has 1 aliphatic rings. The predicted molar refractivity (Wildman–Crippen MR) is 68.4 cm³/mol. The number of halogens is 1. The fourth-order valence-corrected chi connectivity index (χ4v) is 2.45. The van der Waals surface area contributed by atoms with Crippen LogP contribution in [0.5, 0.6) is 0 Å². The highest BCUT2D eigenvalue weighted by molar-refractivity contribution is 6.31. The molecule has 1 aliphatic heterocycles. The average Bonchev–Trinajstić information content (AvgIpc) is 2.94. The molecule has 0 radical (unpaired) electrons. The first-order valence-electron chi connectivity index (χ1n) is 6.32. The molecular formula is C12H20ClN3O. The lowest BCUT2D eigenvalue weighted by Crippen LogP contribution is -2.17. The van der Waals surface area contributed by atoms with Crippen molar-refractivity contribution < 1.29 is 4.74 Å². The van der Waals surface area contributed by atoms with Gasteiger partial charge in [0.2, 0.25) is 0 Å². The largest absolute Gasteiger partial charge is 0.371 e. The Hall–Kier alpha value is -0.580. The highest BCUT2D eigenvalue weighted by Gasteiger charge is 2.18. The summed E-state index contributed by atoms with van der Waals surface area (Å²) in [6.07, 6.45) is 2.26. The van der Waals surface area contributed by atoms with Crippen LogP contribution in [0.2, 0.25) is 5.02 Å². The van der Waals surface area contributed by atoms with Crippen molar-refractivity contribution >= 4 is 11.6 Å². The molecule has 0 saturated carbocycles. The summed E-state index contributed by atoms with van der Waals surface area (Å²) in [5.74, 6) is 0. The van der Waals surface area contributed by atoms with E-state index in [-0.39, 0.29) is 0 Å². The maximum atomic E-state index is 6.31. The van der Waals surface area contributed by atoms with Gasteiger partial charge in [0, 0.05) is 13.1 Å². The van der Waals surface area contributed by atoms with Gasteiger partial charge in [-0.15, -0.1) is 0 Å². The lowest BCUT2D eigenvalue weighted by molar-refractivity contribution is 0.0501. The minimum atomic E-state index is 0.316. The van der Waals surface area contributed by atoms with Gasteiger partial charge in [-0.25, -0.2) is 0 Å². The maximum Gasteiger partial charge on any atom is 0.0904 e. The monoisotopic (exact) mass is 257 g/mol. The Bertz CT molecular complexity index is 372. The first-order chi connectivity index (χ1) is 8.26. The number of nitrogens with one attached hydrogen (secondary N) is 1. The average molecular weight is 258 g/mol. The van der Waals surface area contributed by atoms with E-state index < -0.39 is 0 Å². The quantitative estimate of drug-likeness (QED) is 0.877. The van der Waals surface area contributed by atoms with Crippen molar-refractivity contribution in [2.75, 3.05) is 13.1 Å². The smallest absolute Gasteiger partial charge is 0.0904 e. The first kappa shape index (κ1) is 12.9. The molecule has 1 fully saturated rings. The molecule has 2 heterocycles. The number of hydrogen-bond acceptors (Lipinski definition) is 3. The van der Waals surface area contributed by atoms with Crippen molar-refractivity contribution in [1.82, 2.24) is 15.1 Å². The third-order valence-corrected chi connectivity index (χ3v) is 3.60. The molecule has 0 aromatic carbocycles. The van der Waals surface area contributed by atoms with E-state index in [0.717, 1.165) is 48.9 Å². The fraction of sp³-hybridized carbons (Fsp3) is 0.750. The van der Waals surface area contributed by atoms with Crippen LogP contribution < -0.4 is 5.32 Å². The normalized spacial score (nSPS) is 20.1. The Morgan fingerprint density at radius 1 is 1.53 bits per heavy atom. The number of rotatable bonds is 5. The fourth-order valence-electron chi connectivity index (χ4n) is 2.12. The molecule has 4 nitrogen and oxygen atoms in total. The van der Waals surface area contributed by atoms with Crippen molar-refractivity contribution in [3.05, 3.63) is 16.4 Å². The SMILES string of the molecule is CCc1nn(CC)c(COC2CCNC2)c1Cl. The zero-order valence-corrected chi connectivity index (χ0v) is 11.3. The molecule has 1 unspecified atom stereocenters. The molecule has 1 aromatic rings. The Morgan fingerprint density at radius 3 is 2.94 bits per heavy atom. The zero-order valence-electron chi connectivity index (χ0n) is 10.5. The highest BCUT2D eigenvalue weighted by Crippen LogP contribution is 2.23. The van der Waals surface area contributed by atoms with Crippen LogP contribution in [0.4, 0.5) is 0 Å². The van der Waals surface area contributed by atoms with E-state index >= 15 is 0 Å². The van der Waals surface area contributed by atoms with Gasteiger partial charge in [-0.05, 0) is 26.3 Å². The van der Waals surface area contributed by atoms with Gasteiger partial charge < -0.3 is 10.1 Å². The summed E-state index contributed by atoms with van der Waals surface area (Å²) in [7, 11) is 0. The molecule has 1 atom stereocenters. The van der Waals surface area contributed by atoms with Crippen LogP contribution in [-0.4, -0.2) is 29.0 Å². The summed E-state index contributed by atoms with van der Waals surface area (Å²) in [6.45, 7) is 7.53. The molecule has 2 rings (SSSR count). The molecule has 0 bridgehead atoms. The Kier molecular flexibility index (Phi) is 4.42. The third-order valence-electron chi connectivity index (χ3n) is 3.16. The molecule has 0 spiro atoms. The minimum Gasteiger partial charge on any atom is -0.371 e. The summed E-state index contributed by atoms with van der Waals surface area (Å²) in [4.78, 5) is 0. The van der Waals surface area contributed by atoms with Gasteiger partial charge in [-0.3, -0.25) is 4.68 Å². The van der Waals surface area contributed by atoms with Crippen LogP contribution in [0.15, 0.2) is 0 Å². The van der Waals surface area contributed by atoms with E-state index in [9.17, 15) is 0 Å². The van der Waals surface area contributed by atoms with Crippen LogP contribution in [0, 0.1) is 0 Å². The first-order valence-corrected chi connectivity index (χ1v) is 6.70. The van der Waals surface area contributed by atoms with Crippen LogP contribution in [0.25, 0.3) is 0 Å². The predicted octanol–water partition coefficient (Wildman–Crippen LogP) is 2.00. The van der Waals surface area contributed by atoms with Gasteiger partial charge in [-0.2, -0.15) is 5.10 Å². The van der Waals surface area contributed by atoms with Gasteiger partial charge in [-0.1, -0.05) is 18.5 Å². The maximum absolute atomic E-state index is 6.31. The highest BCUT2D eigenvalue weighted by atomic mass is 35.5. The minimum absolute atomic E-state index is 0.316. The van der Waals surface area contributed by atoms with E-state index in [2.05, 4.69) is 24.3 Å². The van der Waals surface area contributed by atoms with E-state index in [1.165, 1.54) is 0 Å². The second-order valence-electron chi connectivity index (χ2n) is 4.30. The van der Waals surface area contributed by atoms with E-state index in [1.54, 1.807) is 0 Å². The van der Waals surface area contributed by atoms with Gasteiger partial charge in [0.1, 0.15) is 0 Å². The number of aromatic nitrogens is 2. The lowest BCUT2D eigenvalue weighted by atomic mass is 10.3. The Morgan fingerprint density at radius 2 is 2.35 bits per heavy atom. The second kappa shape index (κ2) is 5.85. The van der Waals surface area contributed by atoms with Crippen molar-refractivity contribution in [3.63, 3.8) is 0 Å². The zero-order chi connectivity index (χ0) is 12.3. The topological polar surface area (TPSA) is 39.1 Å². The summed E-state index contributed by atoms with van der Waals surface area (Å²) in [6, 6.07) is 0. The van der Waals surface area contributed by atoms with Gasteiger partial charge in [0.25, 0.3) is 0 Å². The summed E-state index contributed by atoms with van der Waals surface area (Å²) in [5.41, 5.74) is 1.98. The van der Waals surface area contributed by atoms with E-state index in [4.69, 9.17) is 16.3 Å². The number of ether oxygens (including phenoxy) is 1. The molecule has 0 amide bonds. The van der Waals surface area contributed by atoms with Crippen molar-refractivity contribution in [2.24, 2.45) is 0 Å². The summed E-state index contributed by atoms with van der Waals surface area (Å²) in [5, 5.41) is 8.55. The standard InChI is InChI=1S/C12H20ClN3O/c1-3-10-12(13)11(16(4-2)15-10)8-17-9-5-6-14-7-9/h9,14H,3-8H2,1-2H3. The molecule has 0 aliphatic carbocycles. The second-order valence-corrected chi connectivity index (χ2v) is 4.68. The molecule has 96 valence electrons. The Labute approximate surface area is 107 Å². The van der Waals surface area contributed by atoms with Crippen LogP contribution in [0.1, 0.15) is 31.7 Å². The molecule has 17 heavy (non-hydrogen) atoms. The molecule has 1 saturated heterocycles. The number of aryl methyl sites for hydroxylation is 2. The van der Waals surface area contributed by atoms with Crippen molar-refractivity contribution in [3.8, 4) is 0 Å². The van der Waals surface area contributed by atoms with E-state index in [0.29, 0.717) is 12.7 Å². The van der Waals surface area contributed by atoms with Crippen molar-refractivity contribution in [2.45, 2.75) is 45.9 Å². The van der Waals surface area contributed by atoms with E-state index in [1.807, 2.05) is 4.68 Å². The molecule has 5 heteroatoms. The van der Waals surface area contributed by atoms with Crippen LogP contribution >= 0.6 is 11.6 Å². The number of nitrogens with zero attached hydrogens (tertiary/aromatic N) is 2. The molecular weight excluding hydrogens is 238 g/mol. The van der Waals surface area contributed by atoms with Crippen LogP contribution in [0.3, 0.4) is 0 Å². The summed E-state index contributed by atoms with van der Waals surface area (Å²) >= 11 is 6.31.